The first kappa shape index (κ1) is 15.4. The van der Waals surface area contributed by atoms with Gasteiger partial charge in [0.2, 0.25) is 5.91 Å². The molecule has 1 amide bonds. The molecule has 0 aromatic heterocycles. The lowest BCUT2D eigenvalue weighted by Gasteiger charge is -2.33. The van der Waals surface area contributed by atoms with E-state index in [1.54, 1.807) is 7.11 Å². The molecule has 0 aromatic rings. The summed E-state index contributed by atoms with van der Waals surface area (Å²) in [5.41, 5.74) is 5.25. The second kappa shape index (κ2) is 6.53. The van der Waals surface area contributed by atoms with Crippen molar-refractivity contribution in [1.29, 1.82) is 0 Å². The molecule has 1 atom stereocenters. The number of hydrogen-bond donors (Lipinski definition) is 2. The Balaban J connectivity index is 2.30. The molecular formula is C14H28N2O2. The standard InChI is InChI=1S/C14H28N2O2/c1-10(9-14(2,3)18-4)16-12-7-5-11(6-8-12)13(15)17/h10-12,16H,5-9H2,1-4H3,(H2,15,17). The SMILES string of the molecule is COC(C)(C)CC(C)NC1CCC(C(N)=O)CC1. The number of primary amides is 1. The topological polar surface area (TPSA) is 64.3 Å². The maximum Gasteiger partial charge on any atom is 0.220 e. The fraction of sp³-hybridized carbons (Fsp3) is 0.929. The van der Waals surface area contributed by atoms with Crippen LogP contribution in [0, 0.1) is 5.92 Å². The highest BCUT2D eigenvalue weighted by Gasteiger charge is 2.27. The van der Waals surface area contributed by atoms with Gasteiger partial charge in [0.25, 0.3) is 0 Å². The minimum absolute atomic E-state index is 0.0865. The largest absolute Gasteiger partial charge is 0.379 e. The molecule has 0 heterocycles. The summed E-state index contributed by atoms with van der Waals surface area (Å²) in [6, 6.07) is 0.943. The zero-order chi connectivity index (χ0) is 13.8. The summed E-state index contributed by atoms with van der Waals surface area (Å²) in [5, 5.41) is 3.64. The highest BCUT2D eigenvalue weighted by Crippen LogP contribution is 2.25. The molecule has 0 saturated heterocycles. The van der Waals surface area contributed by atoms with Gasteiger partial charge in [0.05, 0.1) is 5.60 Å². The summed E-state index contributed by atoms with van der Waals surface area (Å²) in [6.45, 7) is 6.41. The van der Waals surface area contributed by atoms with Crippen LogP contribution in [0.3, 0.4) is 0 Å². The van der Waals surface area contributed by atoms with Gasteiger partial charge in [0.15, 0.2) is 0 Å². The van der Waals surface area contributed by atoms with E-state index in [0.717, 1.165) is 32.1 Å². The van der Waals surface area contributed by atoms with Gasteiger partial charge in [0, 0.05) is 25.1 Å². The molecular weight excluding hydrogens is 228 g/mol. The highest BCUT2D eigenvalue weighted by atomic mass is 16.5. The van der Waals surface area contributed by atoms with Crippen molar-refractivity contribution in [3.05, 3.63) is 0 Å². The number of ether oxygens (including phenoxy) is 1. The Kier molecular flexibility index (Phi) is 5.60. The molecule has 4 nitrogen and oxygen atoms in total. The fourth-order valence-corrected chi connectivity index (χ4v) is 2.83. The zero-order valence-electron chi connectivity index (χ0n) is 12.2. The monoisotopic (exact) mass is 256 g/mol. The van der Waals surface area contributed by atoms with Gasteiger partial charge in [-0.25, -0.2) is 0 Å². The van der Waals surface area contributed by atoms with Crippen molar-refractivity contribution in [3.8, 4) is 0 Å². The van der Waals surface area contributed by atoms with Crippen molar-refractivity contribution in [3.63, 3.8) is 0 Å². The summed E-state index contributed by atoms with van der Waals surface area (Å²) in [6.07, 6.45) is 4.93. The summed E-state index contributed by atoms with van der Waals surface area (Å²) in [7, 11) is 1.75. The number of carbonyl (C=O) groups is 1. The van der Waals surface area contributed by atoms with Crippen molar-refractivity contribution in [2.45, 2.75) is 70.6 Å². The normalized spacial score (nSPS) is 26.9. The molecule has 0 spiro atoms. The fourth-order valence-electron chi connectivity index (χ4n) is 2.83. The molecule has 0 aliphatic heterocycles. The first-order chi connectivity index (χ1) is 8.34. The first-order valence-corrected chi connectivity index (χ1v) is 6.94. The van der Waals surface area contributed by atoms with Crippen LogP contribution in [0.4, 0.5) is 0 Å². The minimum Gasteiger partial charge on any atom is -0.379 e. The molecule has 106 valence electrons. The van der Waals surface area contributed by atoms with Gasteiger partial charge in [-0.3, -0.25) is 4.79 Å². The number of methoxy groups -OCH3 is 1. The van der Waals surface area contributed by atoms with Gasteiger partial charge in [-0.2, -0.15) is 0 Å². The maximum absolute atomic E-state index is 11.1. The van der Waals surface area contributed by atoms with Crippen molar-refractivity contribution in [2.24, 2.45) is 11.7 Å². The molecule has 1 unspecified atom stereocenters. The van der Waals surface area contributed by atoms with E-state index in [1.807, 2.05) is 0 Å². The lowest BCUT2D eigenvalue weighted by Crippen LogP contribution is -2.43. The third-order valence-electron chi connectivity index (χ3n) is 4.00. The second-order valence-electron chi connectivity index (χ2n) is 6.19. The molecule has 0 aromatic carbocycles. The molecule has 0 bridgehead atoms. The molecule has 4 heteroatoms. The van der Waals surface area contributed by atoms with Crippen molar-refractivity contribution in [2.75, 3.05) is 7.11 Å². The summed E-state index contributed by atoms with van der Waals surface area (Å²) < 4.78 is 5.44. The van der Waals surface area contributed by atoms with Crippen LogP contribution < -0.4 is 11.1 Å². The smallest absolute Gasteiger partial charge is 0.220 e. The molecule has 0 radical (unpaired) electrons. The van der Waals surface area contributed by atoms with Crippen LogP contribution in [0.15, 0.2) is 0 Å². The van der Waals surface area contributed by atoms with E-state index < -0.39 is 0 Å². The molecule has 1 aliphatic carbocycles. The first-order valence-electron chi connectivity index (χ1n) is 6.94. The number of nitrogens with one attached hydrogen (secondary N) is 1. The van der Waals surface area contributed by atoms with Crippen molar-refractivity contribution in [1.82, 2.24) is 5.32 Å². The van der Waals surface area contributed by atoms with E-state index >= 15 is 0 Å². The average molecular weight is 256 g/mol. The lowest BCUT2D eigenvalue weighted by molar-refractivity contribution is -0.122. The molecule has 1 fully saturated rings. The predicted molar refractivity (Wildman–Crippen MR) is 73.2 cm³/mol. The number of nitrogens with two attached hydrogens (primary N) is 1. The third kappa shape index (κ3) is 4.94. The van der Waals surface area contributed by atoms with Crippen LogP contribution in [0.5, 0.6) is 0 Å². The Hall–Kier alpha value is -0.610. The molecule has 1 rings (SSSR count). The third-order valence-corrected chi connectivity index (χ3v) is 4.00. The van der Waals surface area contributed by atoms with E-state index in [-0.39, 0.29) is 17.4 Å². The number of carbonyl (C=O) groups excluding carboxylic acids is 1. The minimum atomic E-state index is -0.137. The van der Waals surface area contributed by atoms with Crippen LogP contribution in [-0.2, 0) is 9.53 Å². The quantitative estimate of drug-likeness (QED) is 0.762. The summed E-state index contributed by atoms with van der Waals surface area (Å²) >= 11 is 0. The highest BCUT2D eigenvalue weighted by molar-refractivity contribution is 5.76. The lowest BCUT2D eigenvalue weighted by atomic mass is 9.85. The Morgan fingerprint density at radius 3 is 2.39 bits per heavy atom. The van der Waals surface area contributed by atoms with Crippen molar-refractivity contribution >= 4 is 5.91 Å². The predicted octanol–water partition coefficient (Wildman–Crippen LogP) is 1.82. The van der Waals surface area contributed by atoms with Gasteiger partial charge in [-0.1, -0.05) is 0 Å². The van der Waals surface area contributed by atoms with E-state index in [1.165, 1.54) is 0 Å². The van der Waals surface area contributed by atoms with E-state index in [9.17, 15) is 4.79 Å². The Bertz CT molecular complexity index is 271. The van der Waals surface area contributed by atoms with Crippen molar-refractivity contribution < 1.29 is 9.53 Å². The number of hydrogen-bond acceptors (Lipinski definition) is 3. The van der Waals surface area contributed by atoms with Gasteiger partial charge in [-0.05, 0) is 52.9 Å². The van der Waals surface area contributed by atoms with E-state index in [4.69, 9.17) is 10.5 Å². The molecule has 1 saturated carbocycles. The molecule has 18 heavy (non-hydrogen) atoms. The average Bonchev–Trinajstić information content (AvgIpc) is 2.29. The molecule has 3 N–H and O–H groups in total. The van der Waals surface area contributed by atoms with Gasteiger partial charge < -0.3 is 15.8 Å². The van der Waals surface area contributed by atoms with Crippen LogP contribution >= 0.6 is 0 Å². The Labute approximate surface area is 111 Å². The summed E-state index contributed by atoms with van der Waals surface area (Å²) in [4.78, 5) is 11.1. The Morgan fingerprint density at radius 1 is 1.39 bits per heavy atom. The molecule has 1 aliphatic rings. The Morgan fingerprint density at radius 2 is 1.94 bits per heavy atom. The van der Waals surface area contributed by atoms with Crippen LogP contribution in [-0.4, -0.2) is 30.7 Å². The van der Waals surface area contributed by atoms with Gasteiger partial charge in [0.1, 0.15) is 0 Å². The number of amides is 1. The number of rotatable bonds is 6. The maximum atomic E-state index is 11.1. The van der Waals surface area contributed by atoms with Gasteiger partial charge in [-0.15, -0.1) is 0 Å². The van der Waals surface area contributed by atoms with Crippen LogP contribution in [0.25, 0.3) is 0 Å². The van der Waals surface area contributed by atoms with Gasteiger partial charge >= 0.3 is 0 Å². The van der Waals surface area contributed by atoms with Crippen LogP contribution in [0.1, 0.15) is 52.9 Å². The van der Waals surface area contributed by atoms with E-state index in [0.29, 0.717) is 12.1 Å². The van der Waals surface area contributed by atoms with E-state index in [2.05, 4.69) is 26.1 Å². The summed E-state index contributed by atoms with van der Waals surface area (Å²) in [5.74, 6) is -0.0456. The zero-order valence-corrected chi connectivity index (χ0v) is 12.2. The second-order valence-corrected chi connectivity index (χ2v) is 6.19. The van der Waals surface area contributed by atoms with Crippen LogP contribution in [0.2, 0.25) is 0 Å².